The molecule has 1 rings (SSSR count). The Bertz CT molecular complexity index is 634. The molecule has 0 radical (unpaired) electrons. The van der Waals surface area contributed by atoms with Gasteiger partial charge in [-0.3, -0.25) is 0 Å². The summed E-state index contributed by atoms with van der Waals surface area (Å²) in [6.07, 6.45) is 0. The molecule has 0 spiro atoms. The van der Waals surface area contributed by atoms with Crippen LogP contribution >= 0.6 is 11.6 Å². The summed E-state index contributed by atoms with van der Waals surface area (Å²) in [5.41, 5.74) is -1.29. The summed E-state index contributed by atoms with van der Waals surface area (Å²) < 4.78 is 26.7. The largest absolute Gasteiger partial charge is 0.389 e. The number of halogens is 1. The number of hydrogen-bond donors (Lipinski definition) is 2. The van der Waals surface area contributed by atoms with Crippen molar-refractivity contribution in [3.05, 3.63) is 28.8 Å². The normalized spacial score (nSPS) is 14.8. The van der Waals surface area contributed by atoms with E-state index in [4.69, 9.17) is 16.9 Å². The lowest BCUT2D eigenvalue weighted by Crippen LogP contribution is -2.44. The zero-order valence-corrected chi connectivity index (χ0v) is 13.1. The lowest BCUT2D eigenvalue weighted by molar-refractivity contribution is 0.0190. The average Bonchev–Trinajstić information content (AvgIpc) is 2.36. The molecular weight excluding hydrogens is 300 g/mol. The van der Waals surface area contributed by atoms with Crippen molar-refractivity contribution in [3.63, 3.8) is 0 Å². The molecule has 0 heterocycles. The molecule has 20 heavy (non-hydrogen) atoms. The van der Waals surface area contributed by atoms with Gasteiger partial charge in [0.1, 0.15) is 11.0 Å². The Hall–Kier alpha value is -1.13. The van der Waals surface area contributed by atoms with E-state index in [1.807, 2.05) is 0 Å². The molecule has 1 unspecified atom stereocenters. The molecule has 2 N–H and O–H groups in total. The van der Waals surface area contributed by atoms with E-state index < -0.39 is 15.6 Å². The molecular formula is C13H17ClN2O3S. The third kappa shape index (κ3) is 3.70. The second-order valence-electron chi connectivity index (χ2n) is 5.06. The van der Waals surface area contributed by atoms with E-state index in [2.05, 4.69) is 4.72 Å². The molecule has 0 aliphatic carbocycles. The van der Waals surface area contributed by atoms with Crippen molar-refractivity contribution >= 4 is 21.6 Å². The van der Waals surface area contributed by atoms with Gasteiger partial charge in [0.05, 0.1) is 16.2 Å². The van der Waals surface area contributed by atoms with Crippen LogP contribution < -0.4 is 4.72 Å². The smallest absolute Gasteiger partial charge is 0.242 e. The summed E-state index contributed by atoms with van der Waals surface area (Å²) in [5, 5.41) is 19.1. The average molecular weight is 317 g/mol. The Morgan fingerprint density at radius 1 is 1.50 bits per heavy atom. The van der Waals surface area contributed by atoms with Crippen LogP contribution in [0.25, 0.3) is 0 Å². The molecule has 0 saturated carbocycles. The van der Waals surface area contributed by atoms with E-state index >= 15 is 0 Å². The molecule has 7 heteroatoms. The molecule has 1 atom stereocenters. The predicted octanol–water partition coefficient (Wildman–Crippen LogP) is 1.90. The minimum atomic E-state index is -3.91. The van der Waals surface area contributed by atoms with Gasteiger partial charge in [-0.05, 0) is 25.0 Å². The van der Waals surface area contributed by atoms with Crippen LogP contribution in [0, 0.1) is 17.2 Å². The molecule has 0 amide bonds. The van der Waals surface area contributed by atoms with Gasteiger partial charge < -0.3 is 5.11 Å². The first kappa shape index (κ1) is 16.9. The Kier molecular flexibility index (Phi) is 5.16. The summed E-state index contributed by atoms with van der Waals surface area (Å²) in [5.74, 6) is -0.125. The first-order chi connectivity index (χ1) is 9.12. The number of benzene rings is 1. The van der Waals surface area contributed by atoms with Gasteiger partial charge in [0.2, 0.25) is 10.0 Å². The number of aliphatic hydroxyl groups is 1. The fourth-order valence-corrected chi connectivity index (χ4v) is 2.95. The first-order valence-electron chi connectivity index (χ1n) is 6.02. The quantitative estimate of drug-likeness (QED) is 0.868. The Balaban J connectivity index is 3.09. The van der Waals surface area contributed by atoms with E-state index in [-0.39, 0.29) is 27.9 Å². The number of nitrogens with one attached hydrogen (secondary N) is 1. The van der Waals surface area contributed by atoms with E-state index in [1.54, 1.807) is 26.8 Å². The van der Waals surface area contributed by atoms with Crippen molar-refractivity contribution in [1.82, 2.24) is 4.72 Å². The molecule has 0 aliphatic heterocycles. The number of nitrogens with zero attached hydrogens (tertiary/aromatic N) is 1. The standard InChI is InChI=1S/C13H17ClN2O3S/c1-9(2)13(3,17)8-16-20(18,19)12-6-4-5-11(14)10(12)7-15/h4-6,9,16-17H,8H2,1-3H3. The maximum atomic E-state index is 12.2. The summed E-state index contributed by atoms with van der Waals surface area (Å²) in [6.45, 7) is 4.97. The van der Waals surface area contributed by atoms with E-state index in [0.717, 1.165) is 0 Å². The van der Waals surface area contributed by atoms with Crippen LogP contribution in [0.2, 0.25) is 5.02 Å². The van der Waals surface area contributed by atoms with Gasteiger partial charge in [-0.15, -0.1) is 0 Å². The SMILES string of the molecule is CC(C)C(C)(O)CNS(=O)(=O)c1cccc(Cl)c1C#N. The van der Waals surface area contributed by atoms with Crippen LogP contribution in [-0.4, -0.2) is 25.7 Å². The highest BCUT2D eigenvalue weighted by atomic mass is 35.5. The van der Waals surface area contributed by atoms with Gasteiger partial charge in [0.15, 0.2) is 0 Å². The van der Waals surface area contributed by atoms with Gasteiger partial charge >= 0.3 is 0 Å². The van der Waals surface area contributed by atoms with Gasteiger partial charge in [-0.25, -0.2) is 13.1 Å². The second-order valence-corrected chi connectivity index (χ2v) is 7.20. The second kappa shape index (κ2) is 6.10. The molecule has 1 aromatic carbocycles. The first-order valence-corrected chi connectivity index (χ1v) is 7.88. The zero-order chi connectivity index (χ0) is 15.6. The fourth-order valence-electron chi connectivity index (χ4n) is 1.36. The molecule has 1 aromatic rings. The fraction of sp³-hybridized carbons (Fsp3) is 0.462. The Morgan fingerprint density at radius 3 is 2.60 bits per heavy atom. The van der Waals surface area contributed by atoms with Crippen LogP contribution in [-0.2, 0) is 10.0 Å². The molecule has 0 saturated heterocycles. The monoisotopic (exact) mass is 316 g/mol. The zero-order valence-electron chi connectivity index (χ0n) is 11.5. The van der Waals surface area contributed by atoms with Gasteiger partial charge in [0.25, 0.3) is 0 Å². The van der Waals surface area contributed by atoms with Crippen LogP contribution in [0.5, 0.6) is 0 Å². The topological polar surface area (TPSA) is 90.2 Å². The molecule has 0 fully saturated rings. The molecule has 0 aliphatic rings. The van der Waals surface area contributed by atoms with Gasteiger partial charge in [-0.2, -0.15) is 5.26 Å². The van der Waals surface area contributed by atoms with Crippen molar-refractivity contribution < 1.29 is 13.5 Å². The van der Waals surface area contributed by atoms with Crippen LogP contribution in [0.4, 0.5) is 0 Å². The highest BCUT2D eigenvalue weighted by Gasteiger charge is 2.28. The number of sulfonamides is 1. The minimum Gasteiger partial charge on any atom is -0.389 e. The summed E-state index contributed by atoms with van der Waals surface area (Å²) >= 11 is 5.81. The molecule has 5 nitrogen and oxygen atoms in total. The highest BCUT2D eigenvalue weighted by molar-refractivity contribution is 7.89. The third-order valence-electron chi connectivity index (χ3n) is 3.24. The predicted molar refractivity (Wildman–Crippen MR) is 76.8 cm³/mol. The number of nitriles is 1. The van der Waals surface area contributed by atoms with Gasteiger partial charge in [-0.1, -0.05) is 31.5 Å². The Morgan fingerprint density at radius 2 is 2.10 bits per heavy atom. The summed E-state index contributed by atoms with van der Waals surface area (Å²) in [7, 11) is -3.91. The maximum Gasteiger partial charge on any atom is 0.242 e. The van der Waals surface area contributed by atoms with Gasteiger partial charge in [0, 0.05) is 6.54 Å². The van der Waals surface area contributed by atoms with E-state index in [1.165, 1.54) is 18.2 Å². The van der Waals surface area contributed by atoms with Crippen molar-refractivity contribution in [2.75, 3.05) is 6.54 Å². The van der Waals surface area contributed by atoms with E-state index in [0.29, 0.717) is 0 Å². The third-order valence-corrected chi connectivity index (χ3v) is 5.00. The van der Waals surface area contributed by atoms with Crippen LogP contribution in [0.1, 0.15) is 26.3 Å². The number of rotatable bonds is 5. The van der Waals surface area contributed by atoms with Crippen molar-refractivity contribution in [1.29, 1.82) is 5.26 Å². The van der Waals surface area contributed by atoms with Crippen LogP contribution in [0.15, 0.2) is 23.1 Å². The van der Waals surface area contributed by atoms with Crippen LogP contribution in [0.3, 0.4) is 0 Å². The highest BCUT2D eigenvalue weighted by Crippen LogP contribution is 2.23. The van der Waals surface area contributed by atoms with Crippen molar-refractivity contribution in [2.24, 2.45) is 5.92 Å². The van der Waals surface area contributed by atoms with E-state index in [9.17, 15) is 13.5 Å². The molecule has 0 bridgehead atoms. The summed E-state index contributed by atoms with van der Waals surface area (Å²) in [6, 6.07) is 5.98. The van der Waals surface area contributed by atoms with Crippen molar-refractivity contribution in [3.8, 4) is 6.07 Å². The lowest BCUT2D eigenvalue weighted by atomic mass is 9.93. The number of hydrogen-bond acceptors (Lipinski definition) is 4. The lowest BCUT2D eigenvalue weighted by Gasteiger charge is -2.27. The maximum absolute atomic E-state index is 12.2. The minimum absolute atomic E-state index is 0.0750. The molecule has 110 valence electrons. The van der Waals surface area contributed by atoms with Crippen molar-refractivity contribution in [2.45, 2.75) is 31.3 Å². The summed E-state index contributed by atoms with van der Waals surface area (Å²) in [4.78, 5) is -0.188. The Labute approximate surface area is 124 Å². The molecule has 0 aromatic heterocycles.